The third-order valence-corrected chi connectivity index (χ3v) is 1.33. The first kappa shape index (κ1) is 10.8. The molecule has 0 rings (SSSR count). The Morgan fingerprint density at radius 2 is 2.25 bits per heavy atom. The first-order chi connectivity index (χ1) is 5.57. The molecule has 0 aliphatic carbocycles. The number of carboxylic acid groups (broad SMARTS) is 1. The van der Waals surface area contributed by atoms with E-state index in [1.807, 2.05) is 0 Å². The van der Waals surface area contributed by atoms with Gasteiger partial charge in [-0.3, -0.25) is 4.79 Å². The fraction of sp³-hybridized carbons (Fsp3) is 0.667. The van der Waals surface area contributed by atoms with E-state index in [2.05, 4.69) is 4.79 Å². The highest BCUT2D eigenvalue weighted by atomic mass is 16.4. The van der Waals surface area contributed by atoms with E-state index in [0.717, 1.165) is 6.21 Å². The third kappa shape index (κ3) is 4.56. The molecule has 0 saturated carbocycles. The van der Waals surface area contributed by atoms with E-state index in [1.165, 1.54) is 0 Å². The predicted molar refractivity (Wildman–Crippen MR) is 40.5 cm³/mol. The fourth-order valence-corrected chi connectivity index (χ4v) is 0.625. The maximum atomic E-state index is 10.2. The summed E-state index contributed by atoms with van der Waals surface area (Å²) in [5.74, 6) is -1.11. The Labute approximate surface area is 69.2 Å². The molecule has 0 aliphatic heterocycles. The van der Waals surface area contributed by atoms with E-state index < -0.39 is 18.1 Å². The minimum Gasteiger partial charge on any atom is -0.480 e. The average molecular weight is 173 g/mol. The number of hydrogen-bond acceptors (Lipinski definition) is 3. The second-order valence-electron chi connectivity index (χ2n) is 2.35. The van der Waals surface area contributed by atoms with Crippen molar-refractivity contribution in [2.24, 2.45) is 5.73 Å². The minimum absolute atomic E-state index is 0.141. The highest BCUT2D eigenvalue weighted by molar-refractivity contribution is 5.73. The zero-order chi connectivity index (χ0) is 9.56. The van der Waals surface area contributed by atoms with Crippen LogP contribution in [0.15, 0.2) is 0 Å². The number of aliphatic carboxylic acids is 1. The van der Waals surface area contributed by atoms with Crippen LogP contribution in [-0.4, -0.2) is 39.3 Å². The van der Waals surface area contributed by atoms with Crippen LogP contribution in [0.2, 0.25) is 0 Å². The van der Waals surface area contributed by atoms with Gasteiger partial charge in [0.25, 0.3) is 6.21 Å². The molecule has 0 spiro atoms. The lowest BCUT2D eigenvalue weighted by Gasteiger charge is -2.05. The number of hydrogen-bond donors (Lipinski definition) is 3. The van der Waals surface area contributed by atoms with Crippen molar-refractivity contribution in [2.45, 2.75) is 25.0 Å². The number of aliphatic hydroxyl groups is 1. The van der Waals surface area contributed by atoms with E-state index >= 15 is 0 Å². The molecule has 2 atom stereocenters. The second kappa shape index (κ2) is 5.42. The van der Waals surface area contributed by atoms with Gasteiger partial charge in [-0.25, -0.2) is 0 Å². The molecule has 0 aromatic carbocycles. The van der Waals surface area contributed by atoms with E-state index in [1.54, 1.807) is 0 Å². The Bertz CT molecular complexity index is 192. The molecule has 12 heavy (non-hydrogen) atoms. The summed E-state index contributed by atoms with van der Waals surface area (Å²) < 4.78 is 0. The van der Waals surface area contributed by atoms with E-state index in [4.69, 9.17) is 21.5 Å². The predicted octanol–water partition coefficient (Wildman–Crippen LogP) is -1.16. The van der Waals surface area contributed by atoms with Gasteiger partial charge in [-0.15, -0.1) is 0 Å². The molecule has 0 bridgehead atoms. The van der Waals surface area contributed by atoms with Gasteiger partial charge in [0, 0.05) is 0 Å². The minimum atomic E-state index is -1.11. The van der Waals surface area contributed by atoms with Gasteiger partial charge in [0.1, 0.15) is 12.1 Å². The van der Waals surface area contributed by atoms with Crippen molar-refractivity contribution in [1.82, 2.24) is 0 Å². The first-order valence-corrected chi connectivity index (χ1v) is 3.42. The Morgan fingerprint density at radius 3 is 2.67 bits per heavy atom. The Kier molecular flexibility index (Phi) is 4.87. The van der Waals surface area contributed by atoms with Gasteiger partial charge in [0.05, 0.1) is 0 Å². The Morgan fingerprint density at radius 1 is 1.67 bits per heavy atom. The normalized spacial score (nSPS) is 14.5. The SMILES string of the molecule is [N-]=[N+]=CC(O)CC[C@H](N)C(=O)O. The van der Waals surface area contributed by atoms with Crippen molar-refractivity contribution in [2.75, 3.05) is 0 Å². The molecule has 0 aliphatic rings. The van der Waals surface area contributed by atoms with Crippen molar-refractivity contribution in [3.8, 4) is 0 Å². The summed E-state index contributed by atoms with van der Waals surface area (Å²) in [5, 5.41) is 17.3. The molecule has 68 valence electrons. The summed E-state index contributed by atoms with van der Waals surface area (Å²) in [4.78, 5) is 12.8. The molecule has 6 heteroatoms. The van der Waals surface area contributed by atoms with E-state index in [9.17, 15) is 4.79 Å². The Balaban J connectivity index is 3.67. The lowest BCUT2D eigenvalue weighted by Crippen LogP contribution is -2.31. The van der Waals surface area contributed by atoms with Gasteiger partial charge in [-0.05, 0) is 12.8 Å². The molecule has 0 fully saturated rings. The number of carboxylic acids is 1. The van der Waals surface area contributed by atoms with Crippen molar-refractivity contribution < 1.29 is 19.8 Å². The van der Waals surface area contributed by atoms with Crippen LogP contribution in [0.4, 0.5) is 0 Å². The molecule has 4 N–H and O–H groups in total. The van der Waals surface area contributed by atoms with Crippen LogP contribution in [0.1, 0.15) is 12.8 Å². The Hall–Kier alpha value is -1.23. The van der Waals surface area contributed by atoms with Crippen molar-refractivity contribution >= 4 is 12.2 Å². The van der Waals surface area contributed by atoms with Crippen molar-refractivity contribution in [3.05, 3.63) is 5.53 Å². The average Bonchev–Trinajstić information content (AvgIpc) is 2.00. The zero-order valence-electron chi connectivity index (χ0n) is 6.42. The molecule has 1 unspecified atom stereocenters. The van der Waals surface area contributed by atoms with Gasteiger partial charge < -0.3 is 21.5 Å². The molecular formula is C6H11N3O3. The van der Waals surface area contributed by atoms with Crippen LogP contribution >= 0.6 is 0 Å². The number of nitrogens with two attached hydrogens (primary N) is 1. The standard InChI is InChI=1S/C6H11N3O3/c7-5(6(11)12)2-1-4(10)3-9-8/h3-5,10H,1-2,7H2,(H,11,12)/t4?,5-/m0/s1. The summed E-state index contributed by atoms with van der Waals surface area (Å²) in [6.45, 7) is 0. The molecule has 6 nitrogen and oxygen atoms in total. The lowest BCUT2D eigenvalue weighted by atomic mass is 10.1. The van der Waals surface area contributed by atoms with Crippen LogP contribution in [0, 0.1) is 0 Å². The monoisotopic (exact) mass is 173 g/mol. The number of carbonyl (C=O) groups is 1. The molecular weight excluding hydrogens is 162 g/mol. The smallest absolute Gasteiger partial charge is 0.320 e. The molecule has 0 radical (unpaired) electrons. The summed E-state index contributed by atoms with van der Waals surface area (Å²) in [7, 11) is 0. The van der Waals surface area contributed by atoms with E-state index in [0.29, 0.717) is 0 Å². The van der Waals surface area contributed by atoms with Crippen molar-refractivity contribution in [3.63, 3.8) is 0 Å². The molecule has 0 aromatic heterocycles. The number of rotatable bonds is 5. The van der Waals surface area contributed by atoms with Crippen LogP contribution in [0.5, 0.6) is 0 Å². The summed E-state index contributed by atoms with van der Waals surface area (Å²) >= 11 is 0. The quantitative estimate of drug-likeness (QED) is 0.276. The topological polar surface area (TPSA) is 120 Å². The third-order valence-electron chi connectivity index (χ3n) is 1.33. The fourth-order valence-electron chi connectivity index (χ4n) is 0.625. The number of aliphatic hydroxyl groups excluding tert-OH is 1. The van der Waals surface area contributed by atoms with Gasteiger partial charge in [-0.2, -0.15) is 4.79 Å². The highest BCUT2D eigenvalue weighted by Crippen LogP contribution is 1.97. The number of nitrogens with zero attached hydrogens (tertiary/aromatic N) is 2. The molecule has 0 amide bonds. The van der Waals surface area contributed by atoms with Crippen LogP contribution < -0.4 is 5.73 Å². The zero-order valence-corrected chi connectivity index (χ0v) is 6.42. The van der Waals surface area contributed by atoms with Gasteiger partial charge in [0.2, 0.25) is 0 Å². The molecule has 0 saturated heterocycles. The maximum Gasteiger partial charge on any atom is 0.320 e. The van der Waals surface area contributed by atoms with Crippen LogP contribution in [0.25, 0.3) is 5.53 Å². The van der Waals surface area contributed by atoms with Crippen LogP contribution in [0.3, 0.4) is 0 Å². The van der Waals surface area contributed by atoms with Crippen molar-refractivity contribution in [1.29, 1.82) is 0 Å². The molecule has 0 heterocycles. The van der Waals surface area contributed by atoms with Gasteiger partial charge in [-0.1, -0.05) is 0 Å². The summed E-state index contributed by atoms with van der Waals surface area (Å²) in [6, 6.07) is -0.980. The maximum absolute atomic E-state index is 10.2. The van der Waals surface area contributed by atoms with Gasteiger partial charge >= 0.3 is 5.97 Å². The first-order valence-electron chi connectivity index (χ1n) is 3.42. The van der Waals surface area contributed by atoms with Crippen LogP contribution in [-0.2, 0) is 4.79 Å². The summed E-state index contributed by atoms with van der Waals surface area (Å²) in [6.07, 6.45) is 0.273. The summed E-state index contributed by atoms with van der Waals surface area (Å²) in [5.41, 5.74) is 13.1. The highest BCUT2D eigenvalue weighted by Gasteiger charge is 2.14. The van der Waals surface area contributed by atoms with Gasteiger partial charge in [0.15, 0.2) is 0 Å². The van der Waals surface area contributed by atoms with E-state index in [-0.39, 0.29) is 12.8 Å². The lowest BCUT2D eigenvalue weighted by molar-refractivity contribution is -0.138. The second-order valence-corrected chi connectivity index (χ2v) is 2.35. The molecule has 0 aromatic rings. The largest absolute Gasteiger partial charge is 0.480 e.